The van der Waals surface area contributed by atoms with Crippen LogP contribution in [-0.2, 0) is 5.60 Å². The van der Waals surface area contributed by atoms with Crippen LogP contribution in [0.15, 0.2) is 36.7 Å². The van der Waals surface area contributed by atoms with Crippen LogP contribution < -0.4 is 5.32 Å². The zero-order valence-electron chi connectivity index (χ0n) is 17.1. The van der Waals surface area contributed by atoms with Crippen LogP contribution in [0.3, 0.4) is 0 Å². The first-order valence-corrected chi connectivity index (χ1v) is 9.49. The molecule has 4 rings (SSSR count). The third kappa shape index (κ3) is 3.38. The van der Waals surface area contributed by atoms with Gasteiger partial charge in [0.15, 0.2) is 5.65 Å². The number of nitrogens with one attached hydrogen (secondary N) is 1. The van der Waals surface area contributed by atoms with Gasteiger partial charge in [0.1, 0.15) is 17.4 Å². The third-order valence-electron chi connectivity index (χ3n) is 4.73. The Labute approximate surface area is 172 Å². The maximum absolute atomic E-state index is 13.0. The zero-order chi connectivity index (χ0) is 21.6. The molecule has 0 radical (unpaired) electrons. The van der Waals surface area contributed by atoms with E-state index in [9.17, 15) is 9.90 Å². The van der Waals surface area contributed by atoms with Gasteiger partial charge < -0.3 is 10.4 Å². The van der Waals surface area contributed by atoms with Gasteiger partial charge in [0.2, 0.25) is 0 Å². The van der Waals surface area contributed by atoms with Crippen molar-refractivity contribution in [2.45, 2.75) is 39.3 Å². The monoisotopic (exact) mass is 403 g/mol. The van der Waals surface area contributed by atoms with Crippen molar-refractivity contribution >= 4 is 28.1 Å². The Balaban J connectivity index is 1.77. The highest BCUT2D eigenvalue weighted by Crippen LogP contribution is 2.30. The summed E-state index contributed by atoms with van der Waals surface area (Å²) >= 11 is 0. The van der Waals surface area contributed by atoms with Gasteiger partial charge in [0.05, 0.1) is 28.7 Å². The number of hydrogen-bond donors (Lipinski definition) is 2. The Morgan fingerprint density at radius 1 is 1.30 bits per heavy atom. The van der Waals surface area contributed by atoms with Gasteiger partial charge in [-0.2, -0.15) is 15.5 Å². The molecule has 0 aliphatic heterocycles. The van der Waals surface area contributed by atoms with Crippen molar-refractivity contribution in [1.82, 2.24) is 24.4 Å². The van der Waals surface area contributed by atoms with E-state index in [0.717, 1.165) is 5.39 Å². The highest BCUT2D eigenvalue weighted by molar-refractivity contribution is 6.05. The van der Waals surface area contributed by atoms with Crippen molar-refractivity contribution in [3.8, 4) is 6.07 Å². The molecule has 0 spiro atoms. The molecular formula is C21H21N7O2. The van der Waals surface area contributed by atoms with Gasteiger partial charge in [0.25, 0.3) is 5.91 Å². The average molecular weight is 403 g/mol. The van der Waals surface area contributed by atoms with E-state index in [0.29, 0.717) is 33.8 Å². The second kappa shape index (κ2) is 6.93. The zero-order valence-corrected chi connectivity index (χ0v) is 17.1. The molecule has 0 atom stereocenters. The minimum atomic E-state index is -1.29. The highest BCUT2D eigenvalue weighted by Gasteiger charge is 2.26. The molecule has 9 heteroatoms. The predicted molar refractivity (Wildman–Crippen MR) is 111 cm³/mol. The van der Waals surface area contributed by atoms with Crippen LogP contribution in [0.1, 0.15) is 55.5 Å². The number of pyridine rings is 1. The van der Waals surface area contributed by atoms with Crippen molar-refractivity contribution in [3.05, 3.63) is 53.6 Å². The summed E-state index contributed by atoms with van der Waals surface area (Å²) in [6, 6.07) is 8.94. The first kappa shape index (κ1) is 19.5. The summed E-state index contributed by atoms with van der Waals surface area (Å²) in [6.45, 7) is 7.23. The fraction of sp³-hybridized carbons (Fsp3) is 0.286. The fourth-order valence-corrected chi connectivity index (χ4v) is 3.22. The lowest BCUT2D eigenvalue weighted by Crippen LogP contribution is -2.23. The van der Waals surface area contributed by atoms with E-state index in [1.165, 1.54) is 10.7 Å². The van der Waals surface area contributed by atoms with Crippen LogP contribution in [0, 0.1) is 11.3 Å². The molecule has 0 fully saturated rings. The molecule has 4 aromatic heterocycles. The van der Waals surface area contributed by atoms with Crippen LogP contribution in [0.2, 0.25) is 0 Å². The van der Waals surface area contributed by atoms with Crippen LogP contribution in [0.25, 0.3) is 16.6 Å². The Morgan fingerprint density at radius 3 is 2.73 bits per heavy atom. The number of aromatic nitrogens is 5. The molecule has 0 aliphatic carbocycles. The molecule has 1 amide bonds. The molecule has 9 nitrogen and oxygen atoms in total. The molecule has 30 heavy (non-hydrogen) atoms. The number of anilines is 1. The van der Waals surface area contributed by atoms with Crippen LogP contribution >= 0.6 is 0 Å². The number of carbonyl (C=O) groups excluding carboxylic acids is 1. The minimum Gasteiger partial charge on any atom is -0.384 e. The van der Waals surface area contributed by atoms with Crippen molar-refractivity contribution in [3.63, 3.8) is 0 Å². The van der Waals surface area contributed by atoms with Gasteiger partial charge in [-0.25, -0.2) is 9.50 Å². The van der Waals surface area contributed by atoms with E-state index < -0.39 is 11.5 Å². The quantitative estimate of drug-likeness (QED) is 0.540. The molecule has 0 aliphatic rings. The lowest BCUT2D eigenvalue weighted by molar-refractivity contribution is 0.0749. The molecular weight excluding hydrogens is 382 g/mol. The molecule has 4 aromatic rings. The number of aliphatic hydroxyl groups is 1. The normalized spacial score (nSPS) is 11.9. The third-order valence-corrected chi connectivity index (χ3v) is 4.73. The first-order valence-electron chi connectivity index (χ1n) is 9.49. The second-order valence-electron chi connectivity index (χ2n) is 7.92. The van der Waals surface area contributed by atoms with E-state index in [-0.39, 0.29) is 6.04 Å². The number of hydrogen-bond acceptors (Lipinski definition) is 6. The van der Waals surface area contributed by atoms with Crippen molar-refractivity contribution in [2.24, 2.45) is 0 Å². The maximum Gasteiger partial charge on any atom is 0.274 e. The summed E-state index contributed by atoms with van der Waals surface area (Å²) in [4.78, 5) is 17.5. The van der Waals surface area contributed by atoms with Crippen LogP contribution in [0.4, 0.5) is 5.69 Å². The lowest BCUT2D eigenvalue weighted by Gasteiger charge is -2.20. The smallest absolute Gasteiger partial charge is 0.274 e. The van der Waals surface area contributed by atoms with E-state index in [2.05, 4.69) is 20.5 Å². The summed E-state index contributed by atoms with van der Waals surface area (Å²) in [6.07, 6.45) is 3.26. The lowest BCUT2D eigenvalue weighted by atomic mass is 10.0. The molecule has 0 saturated heterocycles. The molecule has 0 unspecified atom stereocenters. The Kier molecular flexibility index (Phi) is 4.51. The van der Waals surface area contributed by atoms with E-state index in [1.807, 2.05) is 26.1 Å². The Hall–Kier alpha value is -3.77. The van der Waals surface area contributed by atoms with Crippen LogP contribution in [0.5, 0.6) is 0 Å². The van der Waals surface area contributed by atoms with Gasteiger partial charge in [0, 0.05) is 17.6 Å². The standard InChI is InChI=1S/C21H21N7O2/c1-12(2)27-11-14-8-16(18(21(3,4)30)25-19(14)26-27)24-20(29)17-6-5-15-7-13(9-22)10-23-28(15)17/h5-8,10-12,30H,1-4H3,(H,24,29). The highest BCUT2D eigenvalue weighted by atomic mass is 16.3. The van der Waals surface area contributed by atoms with Crippen molar-refractivity contribution in [2.75, 3.05) is 5.32 Å². The predicted octanol–water partition coefficient (Wildman–Crippen LogP) is 3.01. The summed E-state index contributed by atoms with van der Waals surface area (Å²) in [5.74, 6) is -0.407. The first-order chi connectivity index (χ1) is 14.2. The van der Waals surface area contributed by atoms with Gasteiger partial charge in [-0.05, 0) is 52.0 Å². The summed E-state index contributed by atoms with van der Waals surface area (Å²) in [5, 5.41) is 31.9. The fourth-order valence-electron chi connectivity index (χ4n) is 3.22. The van der Waals surface area contributed by atoms with Crippen LogP contribution in [-0.4, -0.2) is 35.4 Å². The van der Waals surface area contributed by atoms with Gasteiger partial charge in [-0.15, -0.1) is 0 Å². The SMILES string of the molecule is CC(C)n1cc2cc(NC(=O)c3ccc4cc(C#N)cnn34)c(C(C)(C)O)nc2n1. The summed E-state index contributed by atoms with van der Waals surface area (Å²) in [7, 11) is 0. The topological polar surface area (TPSA) is 121 Å². The number of fused-ring (bicyclic) bond motifs is 2. The van der Waals surface area contributed by atoms with Crippen molar-refractivity contribution < 1.29 is 9.90 Å². The van der Waals surface area contributed by atoms with Gasteiger partial charge >= 0.3 is 0 Å². The Morgan fingerprint density at radius 2 is 2.07 bits per heavy atom. The van der Waals surface area contributed by atoms with E-state index in [1.54, 1.807) is 42.8 Å². The molecule has 0 bridgehead atoms. The number of amides is 1. The van der Waals surface area contributed by atoms with E-state index >= 15 is 0 Å². The largest absolute Gasteiger partial charge is 0.384 e. The number of nitrogens with zero attached hydrogens (tertiary/aromatic N) is 6. The molecule has 4 heterocycles. The molecule has 0 saturated carbocycles. The number of rotatable bonds is 4. The molecule has 152 valence electrons. The number of carbonyl (C=O) groups is 1. The van der Waals surface area contributed by atoms with E-state index in [4.69, 9.17) is 5.26 Å². The van der Waals surface area contributed by atoms with Gasteiger partial charge in [-0.1, -0.05) is 0 Å². The summed E-state index contributed by atoms with van der Waals surface area (Å²) in [5.41, 5.74) is 1.26. The average Bonchev–Trinajstić information content (AvgIpc) is 3.29. The Bertz CT molecular complexity index is 1320. The molecule has 2 N–H and O–H groups in total. The van der Waals surface area contributed by atoms with Gasteiger partial charge in [-0.3, -0.25) is 9.48 Å². The van der Waals surface area contributed by atoms with Crippen molar-refractivity contribution in [1.29, 1.82) is 5.26 Å². The number of nitriles is 1. The maximum atomic E-state index is 13.0. The summed E-state index contributed by atoms with van der Waals surface area (Å²) < 4.78 is 3.25. The molecule has 0 aromatic carbocycles. The minimum absolute atomic E-state index is 0.152. The second-order valence-corrected chi connectivity index (χ2v) is 7.92.